The molecule has 1 N–H and O–H groups in total. The second-order valence-corrected chi connectivity index (χ2v) is 11.3. The summed E-state index contributed by atoms with van der Waals surface area (Å²) < 4.78 is 33.0. The minimum atomic E-state index is -3.37. The van der Waals surface area contributed by atoms with Gasteiger partial charge in [0.2, 0.25) is 10.0 Å². The van der Waals surface area contributed by atoms with Gasteiger partial charge >= 0.3 is 0 Å². The quantitative estimate of drug-likeness (QED) is 0.610. The third-order valence-corrected chi connectivity index (χ3v) is 9.55. The van der Waals surface area contributed by atoms with Crippen LogP contribution in [0.1, 0.15) is 54.2 Å². The highest BCUT2D eigenvalue weighted by Crippen LogP contribution is 2.39. The number of piperidine rings is 1. The van der Waals surface area contributed by atoms with Crippen LogP contribution in [0, 0.1) is 19.8 Å². The summed E-state index contributed by atoms with van der Waals surface area (Å²) in [4.78, 5) is 20.2. The number of hydrogen-bond donors (Lipinski definition) is 1. The average Bonchev–Trinajstić information content (AvgIpc) is 3.31. The van der Waals surface area contributed by atoms with Crippen LogP contribution in [0.25, 0.3) is 11.0 Å². The highest BCUT2D eigenvalue weighted by molar-refractivity contribution is 7.89. The third-order valence-electron chi connectivity index (χ3n) is 7.24. The van der Waals surface area contributed by atoms with E-state index < -0.39 is 15.3 Å². The number of fused-ring (bicyclic) bond motifs is 1. The number of carbonyl (C=O) groups is 1. The van der Waals surface area contributed by atoms with Crippen LogP contribution in [0.15, 0.2) is 29.0 Å². The first-order valence-corrected chi connectivity index (χ1v) is 12.7. The highest BCUT2D eigenvalue weighted by atomic mass is 32.2. The summed E-state index contributed by atoms with van der Waals surface area (Å²) in [6, 6.07) is 3.99. The maximum absolute atomic E-state index is 13.1. The Bertz CT molecular complexity index is 1230. The van der Waals surface area contributed by atoms with Crippen molar-refractivity contribution in [2.75, 3.05) is 13.1 Å². The van der Waals surface area contributed by atoms with Gasteiger partial charge in [-0.15, -0.1) is 0 Å². The van der Waals surface area contributed by atoms with Gasteiger partial charge in [-0.3, -0.25) is 4.79 Å². The number of aromatic amines is 1. The molecular weight excluding hydrogens is 428 g/mol. The van der Waals surface area contributed by atoms with Gasteiger partial charge in [-0.05, 0) is 63.1 Å². The van der Waals surface area contributed by atoms with Gasteiger partial charge in [0.25, 0.3) is 0 Å². The maximum Gasteiger partial charge on any atom is 0.217 e. The zero-order chi connectivity index (χ0) is 22.5. The summed E-state index contributed by atoms with van der Waals surface area (Å²) in [6.07, 6.45) is 6.46. The molecule has 3 aromatic rings. The summed E-state index contributed by atoms with van der Waals surface area (Å²) in [7, 11) is -3.37. The molecule has 4 heterocycles. The molecular formula is C23H28N4O4S. The van der Waals surface area contributed by atoms with Crippen molar-refractivity contribution < 1.29 is 17.7 Å². The number of nitrogens with zero attached hydrogens (tertiary/aromatic N) is 3. The molecule has 1 saturated heterocycles. The first-order valence-electron chi connectivity index (χ1n) is 11.2. The number of ketones is 1. The molecule has 1 aliphatic heterocycles. The number of carbonyl (C=O) groups excluding carboxylic acids is 1. The Labute approximate surface area is 187 Å². The van der Waals surface area contributed by atoms with Crippen molar-refractivity contribution >= 4 is 26.8 Å². The number of Topliss-reactive ketones (excluding diaryl/α,β-unsaturated/α-hetero) is 1. The van der Waals surface area contributed by atoms with Gasteiger partial charge < -0.3 is 9.51 Å². The van der Waals surface area contributed by atoms with Gasteiger partial charge in [-0.2, -0.15) is 0 Å². The fourth-order valence-corrected chi connectivity index (χ4v) is 7.18. The zero-order valence-electron chi connectivity index (χ0n) is 18.4. The van der Waals surface area contributed by atoms with Crippen molar-refractivity contribution in [3.63, 3.8) is 0 Å². The molecule has 5 rings (SSSR count). The van der Waals surface area contributed by atoms with Crippen molar-refractivity contribution in [3.8, 4) is 0 Å². The lowest BCUT2D eigenvalue weighted by atomic mass is 9.79. The Balaban J connectivity index is 1.17. The third kappa shape index (κ3) is 3.67. The molecule has 0 radical (unpaired) electrons. The Morgan fingerprint density at radius 3 is 2.69 bits per heavy atom. The van der Waals surface area contributed by atoms with E-state index in [-0.39, 0.29) is 18.1 Å². The Morgan fingerprint density at radius 2 is 2.00 bits per heavy atom. The summed E-state index contributed by atoms with van der Waals surface area (Å²) >= 11 is 0. The number of aryl methyl sites for hydroxylation is 2. The summed E-state index contributed by atoms with van der Waals surface area (Å²) in [5, 5.41) is 4.56. The summed E-state index contributed by atoms with van der Waals surface area (Å²) in [5.41, 5.74) is 3.65. The van der Waals surface area contributed by atoms with Gasteiger partial charge in [0.05, 0.1) is 10.9 Å². The molecule has 9 heteroatoms. The van der Waals surface area contributed by atoms with Crippen LogP contribution >= 0.6 is 0 Å². The standard InChI is InChI=1S/C23H28N4O4S/c1-14-20(15(2)31-26-14)12-22(28)17-10-18(11-17)32(29,30)27-8-5-16(6-9-27)21-13-25-23-19(21)4-3-7-24-23/h3-4,7,13,16-18H,5-6,8-12H2,1-2H3,(H,24,25). The van der Waals surface area contributed by atoms with E-state index >= 15 is 0 Å². The van der Waals surface area contributed by atoms with E-state index in [1.165, 1.54) is 5.56 Å². The second kappa shape index (κ2) is 8.12. The predicted molar refractivity (Wildman–Crippen MR) is 120 cm³/mol. The molecule has 0 spiro atoms. The lowest BCUT2D eigenvalue weighted by Gasteiger charge is -2.39. The molecule has 0 unspecified atom stereocenters. The van der Waals surface area contributed by atoms with Crippen molar-refractivity contribution in [1.29, 1.82) is 0 Å². The highest BCUT2D eigenvalue weighted by Gasteiger charge is 2.45. The molecule has 0 bridgehead atoms. The SMILES string of the molecule is Cc1noc(C)c1CC(=O)C1CC(S(=O)(=O)N2CCC(c3c[nH]c4ncccc34)CC2)C1. The van der Waals surface area contributed by atoms with Crippen molar-refractivity contribution in [1.82, 2.24) is 19.4 Å². The lowest BCUT2D eigenvalue weighted by Crippen LogP contribution is -2.49. The van der Waals surface area contributed by atoms with Gasteiger partial charge in [-0.1, -0.05) is 5.16 Å². The van der Waals surface area contributed by atoms with E-state index in [1.54, 1.807) is 17.4 Å². The largest absolute Gasteiger partial charge is 0.361 e. The Morgan fingerprint density at radius 1 is 1.25 bits per heavy atom. The second-order valence-electron chi connectivity index (χ2n) is 9.10. The van der Waals surface area contributed by atoms with Crippen LogP contribution in [0.4, 0.5) is 0 Å². The van der Waals surface area contributed by atoms with E-state index in [1.807, 2.05) is 19.2 Å². The molecule has 32 heavy (non-hydrogen) atoms. The molecule has 0 aromatic carbocycles. The van der Waals surface area contributed by atoms with Crippen LogP contribution in [-0.4, -0.2) is 52.0 Å². The normalized spacial score (nSPS) is 22.8. The van der Waals surface area contributed by atoms with Crippen LogP contribution in [0.5, 0.6) is 0 Å². The molecule has 8 nitrogen and oxygen atoms in total. The molecule has 1 saturated carbocycles. The van der Waals surface area contributed by atoms with Gasteiger partial charge in [0.15, 0.2) is 0 Å². The van der Waals surface area contributed by atoms with Gasteiger partial charge in [0.1, 0.15) is 17.2 Å². The predicted octanol–water partition coefficient (Wildman–Crippen LogP) is 3.27. The number of pyridine rings is 1. The van der Waals surface area contributed by atoms with Crippen molar-refractivity contribution in [3.05, 3.63) is 47.1 Å². The molecule has 0 atom stereocenters. The molecule has 170 valence electrons. The maximum atomic E-state index is 13.1. The number of rotatable bonds is 6. The number of H-pyrrole nitrogens is 1. The molecule has 2 fully saturated rings. The van der Waals surface area contributed by atoms with Gasteiger partial charge in [0, 0.05) is 48.8 Å². The van der Waals surface area contributed by atoms with E-state index in [2.05, 4.69) is 21.2 Å². The van der Waals surface area contributed by atoms with Crippen molar-refractivity contribution in [2.24, 2.45) is 5.92 Å². The number of hydrogen-bond acceptors (Lipinski definition) is 6. The van der Waals surface area contributed by atoms with E-state index in [0.29, 0.717) is 37.6 Å². The van der Waals surface area contributed by atoms with Crippen LogP contribution in [-0.2, 0) is 21.2 Å². The van der Waals surface area contributed by atoms with Crippen LogP contribution < -0.4 is 0 Å². The first kappa shape index (κ1) is 21.3. The average molecular weight is 457 g/mol. The fourth-order valence-electron chi connectivity index (χ4n) is 5.09. The Kier molecular flexibility index (Phi) is 5.41. The van der Waals surface area contributed by atoms with E-state index in [4.69, 9.17) is 4.52 Å². The summed E-state index contributed by atoms with van der Waals surface area (Å²) in [6.45, 7) is 4.67. The first-order chi connectivity index (χ1) is 15.3. The topological polar surface area (TPSA) is 109 Å². The Hall–Kier alpha value is -2.52. The lowest BCUT2D eigenvalue weighted by molar-refractivity contribution is -0.124. The van der Waals surface area contributed by atoms with Gasteiger partial charge in [-0.25, -0.2) is 17.7 Å². The number of nitrogens with one attached hydrogen (secondary N) is 1. The van der Waals surface area contributed by atoms with Crippen LogP contribution in [0.3, 0.4) is 0 Å². The zero-order valence-corrected chi connectivity index (χ0v) is 19.2. The number of sulfonamides is 1. The molecule has 0 amide bonds. The van der Waals surface area contributed by atoms with Crippen LogP contribution in [0.2, 0.25) is 0 Å². The van der Waals surface area contributed by atoms with E-state index in [0.717, 1.165) is 35.1 Å². The molecule has 2 aliphatic rings. The molecule has 1 aliphatic carbocycles. The van der Waals surface area contributed by atoms with Crippen molar-refractivity contribution in [2.45, 2.75) is 57.1 Å². The smallest absolute Gasteiger partial charge is 0.217 e. The monoisotopic (exact) mass is 456 g/mol. The molecule has 3 aromatic heterocycles. The summed E-state index contributed by atoms with van der Waals surface area (Å²) in [5.74, 6) is 0.871. The minimum absolute atomic E-state index is 0.0810. The number of aromatic nitrogens is 3. The fraction of sp³-hybridized carbons (Fsp3) is 0.522. The minimum Gasteiger partial charge on any atom is -0.361 e. The van der Waals surface area contributed by atoms with E-state index in [9.17, 15) is 13.2 Å².